The summed E-state index contributed by atoms with van der Waals surface area (Å²) in [5.74, 6) is 1.80. The number of methoxy groups -OCH3 is 1. The van der Waals surface area contributed by atoms with E-state index in [-0.39, 0.29) is 18.3 Å². The Hall–Kier alpha value is -0.970. The summed E-state index contributed by atoms with van der Waals surface area (Å²) in [5.41, 5.74) is 0.937. The molecule has 1 aliphatic rings. The second-order valence-corrected chi connectivity index (χ2v) is 6.46. The van der Waals surface area contributed by atoms with E-state index >= 15 is 0 Å². The zero-order chi connectivity index (χ0) is 15.9. The molecule has 130 valence electrons. The summed E-state index contributed by atoms with van der Waals surface area (Å²) < 4.78 is 5.29. The van der Waals surface area contributed by atoms with Gasteiger partial charge < -0.3 is 15.4 Å². The Morgan fingerprint density at radius 3 is 2.96 bits per heavy atom. The topological polar surface area (TPSA) is 50.4 Å². The van der Waals surface area contributed by atoms with E-state index in [9.17, 15) is 4.79 Å². The van der Waals surface area contributed by atoms with Crippen molar-refractivity contribution in [2.45, 2.75) is 32.7 Å². The second-order valence-electron chi connectivity index (χ2n) is 6.02. The molecule has 0 radical (unpaired) electrons. The van der Waals surface area contributed by atoms with Crippen molar-refractivity contribution in [3.05, 3.63) is 28.8 Å². The summed E-state index contributed by atoms with van der Waals surface area (Å²) in [4.78, 5) is 12.1. The number of rotatable bonds is 6. The third-order valence-corrected chi connectivity index (χ3v) is 4.61. The molecule has 0 aromatic heterocycles. The minimum absolute atomic E-state index is 0. The van der Waals surface area contributed by atoms with Crippen molar-refractivity contribution in [2.24, 2.45) is 11.8 Å². The van der Waals surface area contributed by atoms with Crippen molar-refractivity contribution < 1.29 is 9.53 Å². The normalized spacial score (nSPS) is 18.7. The molecule has 1 aliphatic heterocycles. The smallest absolute Gasteiger partial charge is 0.220 e. The molecule has 2 atom stereocenters. The fraction of sp³-hybridized carbons (Fsp3) is 0.588. The van der Waals surface area contributed by atoms with Crippen molar-refractivity contribution >= 4 is 29.9 Å². The fourth-order valence-electron chi connectivity index (χ4n) is 2.95. The lowest BCUT2D eigenvalue weighted by Crippen LogP contribution is -2.35. The summed E-state index contributed by atoms with van der Waals surface area (Å²) >= 11 is 5.94. The quantitative estimate of drug-likeness (QED) is 0.816. The molecule has 0 spiro atoms. The standard InChI is InChI=1S/C17H25ClN2O2.ClH/c1-12(13-4-3-7-19-10-13)8-17(21)20-11-14-5-6-15(18)9-16(14)22-2;/h5-6,9,12-13,19H,3-4,7-8,10-11H2,1-2H3,(H,20,21);1H. The van der Waals surface area contributed by atoms with Crippen LogP contribution in [-0.4, -0.2) is 26.1 Å². The van der Waals surface area contributed by atoms with Gasteiger partial charge in [-0.1, -0.05) is 24.6 Å². The largest absolute Gasteiger partial charge is 0.496 e. The summed E-state index contributed by atoms with van der Waals surface area (Å²) in [7, 11) is 1.61. The van der Waals surface area contributed by atoms with Gasteiger partial charge in [-0.2, -0.15) is 0 Å². The summed E-state index contributed by atoms with van der Waals surface area (Å²) in [6.07, 6.45) is 2.99. The third-order valence-electron chi connectivity index (χ3n) is 4.37. The number of carbonyl (C=O) groups is 1. The summed E-state index contributed by atoms with van der Waals surface area (Å²) in [6.45, 7) is 4.76. The van der Waals surface area contributed by atoms with E-state index < -0.39 is 0 Å². The molecule has 1 amide bonds. The Labute approximate surface area is 149 Å². The van der Waals surface area contributed by atoms with Crippen LogP contribution >= 0.6 is 24.0 Å². The van der Waals surface area contributed by atoms with Crippen molar-refractivity contribution in [1.82, 2.24) is 10.6 Å². The number of amides is 1. The van der Waals surface area contributed by atoms with Crippen LogP contribution in [0.15, 0.2) is 18.2 Å². The highest BCUT2D eigenvalue weighted by Gasteiger charge is 2.21. The van der Waals surface area contributed by atoms with Gasteiger partial charge in [0.15, 0.2) is 0 Å². The van der Waals surface area contributed by atoms with Gasteiger partial charge in [0.2, 0.25) is 5.91 Å². The number of hydrogen-bond acceptors (Lipinski definition) is 3. The number of halogens is 2. The van der Waals surface area contributed by atoms with Gasteiger partial charge >= 0.3 is 0 Å². The van der Waals surface area contributed by atoms with E-state index in [0.717, 1.165) is 18.7 Å². The lowest BCUT2D eigenvalue weighted by molar-refractivity contribution is -0.122. The molecule has 1 aromatic rings. The van der Waals surface area contributed by atoms with Crippen LogP contribution in [0.3, 0.4) is 0 Å². The van der Waals surface area contributed by atoms with Gasteiger partial charge in [-0.3, -0.25) is 4.79 Å². The van der Waals surface area contributed by atoms with E-state index in [4.69, 9.17) is 16.3 Å². The van der Waals surface area contributed by atoms with E-state index in [1.54, 1.807) is 13.2 Å². The molecule has 2 unspecified atom stereocenters. The number of hydrogen-bond donors (Lipinski definition) is 2. The highest BCUT2D eigenvalue weighted by atomic mass is 35.5. The van der Waals surface area contributed by atoms with E-state index in [2.05, 4.69) is 17.6 Å². The minimum atomic E-state index is 0. The van der Waals surface area contributed by atoms with Gasteiger partial charge in [0, 0.05) is 23.6 Å². The molecule has 0 saturated carbocycles. The predicted octanol–water partition coefficient (Wildman–Crippen LogP) is 3.41. The van der Waals surface area contributed by atoms with Crippen molar-refractivity contribution in [1.29, 1.82) is 0 Å². The molecule has 2 rings (SSSR count). The van der Waals surface area contributed by atoms with E-state index in [1.165, 1.54) is 12.8 Å². The van der Waals surface area contributed by atoms with Crippen molar-refractivity contribution in [2.75, 3.05) is 20.2 Å². The van der Waals surface area contributed by atoms with Crippen molar-refractivity contribution in [3.63, 3.8) is 0 Å². The second kappa shape index (κ2) is 10.0. The first-order chi connectivity index (χ1) is 10.6. The maximum Gasteiger partial charge on any atom is 0.220 e. The average Bonchev–Trinajstić information content (AvgIpc) is 2.54. The van der Waals surface area contributed by atoms with Gasteiger partial charge in [-0.25, -0.2) is 0 Å². The van der Waals surface area contributed by atoms with Gasteiger partial charge in [0.25, 0.3) is 0 Å². The highest BCUT2D eigenvalue weighted by Crippen LogP contribution is 2.24. The van der Waals surface area contributed by atoms with Gasteiger partial charge in [-0.15, -0.1) is 12.4 Å². The zero-order valence-electron chi connectivity index (χ0n) is 13.7. The molecule has 0 aliphatic carbocycles. The monoisotopic (exact) mass is 360 g/mol. The molecule has 6 heteroatoms. The SMILES string of the molecule is COc1cc(Cl)ccc1CNC(=O)CC(C)C1CCCNC1.Cl. The van der Waals surface area contributed by atoms with Gasteiger partial charge in [0.05, 0.1) is 7.11 Å². The molecule has 1 aromatic carbocycles. The number of piperidine rings is 1. The maximum absolute atomic E-state index is 12.1. The molecule has 1 heterocycles. The van der Waals surface area contributed by atoms with Crippen LogP contribution in [0.25, 0.3) is 0 Å². The lowest BCUT2D eigenvalue weighted by Gasteiger charge is -2.28. The molecular formula is C17H26Cl2N2O2. The molecule has 0 bridgehead atoms. The molecule has 23 heavy (non-hydrogen) atoms. The predicted molar refractivity (Wildman–Crippen MR) is 96.5 cm³/mol. The van der Waals surface area contributed by atoms with Gasteiger partial charge in [0.1, 0.15) is 5.75 Å². The first-order valence-corrected chi connectivity index (χ1v) is 8.27. The Morgan fingerprint density at radius 2 is 2.30 bits per heavy atom. The first kappa shape index (κ1) is 20.1. The highest BCUT2D eigenvalue weighted by molar-refractivity contribution is 6.30. The molecule has 2 N–H and O–H groups in total. The van der Waals surface area contributed by atoms with Crippen LogP contribution in [0.4, 0.5) is 0 Å². The van der Waals surface area contributed by atoms with Crippen LogP contribution in [0, 0.1) is 11.8 Å². The molecule has 1 saturated heterocycles. The van der Waals surface area contributed by atoms with Gasteiger partial charge in [-0.05, 0) is 49.9 Å². The maximum atomic E-state index is 12.1. The Kier molecular flexibility index (Phi) is 8.74. The van der Waals surface area contributed by atoms with Crippen molar-refractivity contribution in [3.8, 4) is 5.75 Å². The number of benzene rings is 1. The van der Waals surface area contributed by atoms with Crippen LogP contribution in [0.1, 0.15) is 31.7 Å². The number of nitrogens with one attached hydrogen (secondary N) is 2. The minimum Gasteiger partial charge on any atom is -0.496 e. The molecule has 1 fully saturated rings. The number of carbonyl (C=O) groups excluding carboxylic acids is 1. The third kappa shape index (κ3) is 6.21. The molecular weight excluding hydrogens is 335 g/mol. The van der Waals surface area contributed by atoms with E-state index in [1.807, 2.05) is 12.1 Å². The summed E-state index contributed by atoms with van der Waals surface area (Å²) in [6, 6.07) is 5.46. The average molecular weight is 361 g/mol. The number of ether oxygens (including phenoxy) is 1. The fourth-order valence-corrected chi connectivity index (χ4v) is 3.12. The lowest BCUT2D eigenvalue weighted by atomic mass is 9.85. The van der Waals surface area contributed by atoms with Crippen LogP contribution < -0.4 is 15.4 Å². The molecule has 4 nitrogen and oxygen atoms in total. The van der Waals surface area contributed by atoms with Crippen LogP contribution in [-0.2, 0) is 11.3 Å². The van der Waals surface area contributed by atoms with E-state index in [0.29, 0.717) is 35.6 Å². The Bertz CT molecular complexity index is 505. The Balaban J connectivity index is 0.00000264. The van der Waals surface area contributed by atoms with Crippen LogP contribution in [0.5, 0.6) is 5.75 Å². The zero-order valence-corrected chi connectivity index (χ0v) is 15.3. The van der Waals surface area contributed by atoms with Crippen LogP contribution in [0.2, 0.25) is 5.02 Å². The summed E-state index contributed by atoms with van der Waals surface area (Å²) in [5, 5.41) is 7.02. The Morgan fingerprint density at radius 1 is 1.52 bits per heavy atom. The first-order valence-electron chi connectivity index (χ1n) is 7.90.